The summed E-state index contributed by atoms with van der Waals surface area (Å²) in [7, 11) is 0. The first-order chi connectivity index (χ1) is 6.26. The summed E-state index contributed by atoms with van der Waals surface area (Å²) in [6.07, 6.45) is 2.85. The van der Waals surface area contributed by atoms with Crippen molar-refractivity contribution in [2.45, 2.75) is 19.9 Å². The standard InChI is InChI=1S/C8H12N2OS2/c1-2-6-3-10-8(13-6)4-9-7(11)5-12/h3,12H,2,4-5H2,1H3,(H,9,11). The van der Waals surface area contributed by atoms with Crippen LogP contribution < -0.4 is 5.32 Å². The highest BCUT2D eigenvalue weighted by molar-refractivity contribution is 7.81. The van der Waals surface area contributed by atoms with Crippen LogP contribution in [-0.2, 0) is 17.8 Å². The maximum atomic E-state index is 10.9. The molecule has 0 saturated carbocycles. The van der Waals surface area contributed by atoms with Gasteiger partial charge in [-0.3, -0.25) is 4.79 Å². The van der Waals surface area contributed by atoms with Crippen LogP contribution in [0.15, 0.2) is 6.20 Å². The topological polar surface area (TPSA) is 42.0 Å². The molecular weight excluding hydrogens is 204 g/mol. The third-order valence-electron chi connectivity index (χ3n) is 1.53. The zero-order chi connectivity index (χ0) is 9.68. The third kappa shape index (κ3) is 3.36. The quantitative estimate of drug-likeness (QED) is 0.744. The third-order valence-corrected chi connectivity index (χ3v) is 2.96. The average Bonchev–Trinajstić information content (AvgIpc) is 2.61. The lowest BCUT2D eigenvalue weighted by molar-refractivity contribution is -0.118. The van der Waals surface area contributed by atoms with Crippen molar-refractivity contribution in [3.8, 4) is 0 Å². The number of aromatic nitrogens is 1. The molecule has 0 aliphatic heterocycles. The van der Waals surface area contributed by atoms with Crippen LogP contribution in [0.25, 0.3) is 0 Å². The second-order valence-electron chi connectivity index (χ2n) is 2.51. The first-order valence-electron chi connectivity index (χ1n) is 4.07. The van der Waals surface area contributed by atoms with Crippen molar-refractivity contribution in [3.63, 3.8) is 0 Å². The average molecular weight is 216 g/mol. The Balaban J connectivity index is 2.41. The van der Waals surface area contributed by atoms with Gasteiger partial charge in [-0.1, -0.05) is 6.92 Å². The maximum Gasteiger partial charge on any atom is 0.230 e. The van der Waals surface area contributed by atoms with Gasteiger partial charge in [0, 0.05) is 11.1 Å². The van der Waals surface area contributed by atoms with E-state index in [0.717, 1.165) is 11.4 Å². The Morgan fingerprint density at radius 3 is 3.08 bits per heavy atom. The molecule has 0 spiro atoms. The highest BCUT2D eigenvalue weighted by Crippen LogP contribution is 2.12. The van der Waals surface area contributed by atoms with E-state index >= 15 is 0 Å². The Morgan fingerprint density at radius 2 is 2.54 bits per heavy atom. The Labute approximate surface area is 87.0 Å². The van der Waals surface area contributed by atoms with E-state index in [1.807, 2.05) is 6.20 Å². The van der Waals surface area contributed by atoms with E-state index in [2.05, 4.69) is 29.9 Å². The van der Waals surface area contributed by atoms with E-state index < -0.39 is 0 Å². The summed E-state index contributed by atoms with van der Waals surface area (Å²) in [5, 5.41) is 3.67. The van der Waals surface area contributed by atoms with Crippen molar-refractivity contribution in [2.75, 3.05) is 5.75 Å². The van der Waals surface area contributed by atoms with Crippen molar-refractivity contribution in [1.29, 1.82) is 0 Å². The van der Waals surface area contributed by atoms with Crippen molar-refractivity contribution < 1.29 is 4.79 Å². The molecule has 13 heavy (non-hydrogen) atoms. The zero-order valence-corrected chi connectivity index (χ0v) is 9.12. The molecule has 0 aliphatic carbocycles. The number of hydrogen-bond acceptors (Lipinski definition) is 4. The number of rotatable bonds is 4. The van der Waals surface area contributed by atoms with Gasteiger partial charge in [0.2, 0.25) is 5.91 Å². The molecule has 0 radical (unpaired) electrons. The number of hydrogen-bond donors (Lipinski definition) is 2. The van der Waals surface area contributed by atoms with Crippen molar-refractivity contribution in [1.82, 2.24) is 10.3 Å². The lowest BCUT2D eigenvalue weighted by Gasteiger charge is -1.98. The Morgan fingerprint density at radius 1 is 1.77 bits per heavy atom. The van der Waals surface area contributed by atoms with E-state index in [4.69, 9.17) is 0 Å². The van der Waals surface area contributed by atoms with Crippen LogP contribution in [0.3, 0.4) is 0 Å². The van der Waals surface area contributed by atoms with Gasteiger partial charge in [-0.05, 0) is 6.42 Å². The minimum Gasteiger partial charge on any atom is -0.349 e. The van der Waals surface area contributed by atoms with Crippen molar-refractivity contribution >= 4 is 29.9 Å². The minimum absolute atomic E-state index is 0.0587. The normalized spacial score (nSPS) is 10.0. The number of carbonyl (C=O) groups is 1. The Hall–Kier alpha value is -0.550. The van der Waals surface area contributed by atoms with Crippen LogP contribution in [0, 0.1) is 0 Å². The predicted molar refractivity (Wildman–Crippen MR) is 57.2 cm³/mol. The van der Waals surface area contributed by atoms with Gasteiger partial charge < -0.3 is 5.32 Å². The monoisotopic (exact) mass is 216 g/mol. The molecule has 0 bridgehead atoms. The van der Waals surface area contributed by atoms with Gasteiger partial charge in [0.25, 0.3) is 0 Å². The van der Waals surface area contributed by atoms with E-state index in [1.54, 1.807) is 11.3 Å². The maximum absolute atomic E-state index is 10.9. The second-order valence-corrected chi connectivity index (χ2v) is 4.02. The Kier molecular flexibility index (Phi) is 4.24. The molecule has 0 unspecified atom stereocenters. The fraction of sp³-hybridized carbons (Fsp3) is 0.500. The van der Waals surface area contributed by atoms with Crippen LogP contribution in [0.2, 0.25) is 0 Å². The number of amides is 1. The summed E-state index contributed by atoms with van der Waals surface area (Å²) in [6.45, 7) is 2.60. The van der Waals surface area contributed by atoms with Gasteiger partial charge in [-0.2, -0.15) is 12.6 Å². The number of nitrogens with one attached hydrogen (secondary N) is 1. The van der Waals surface area contributed by atoms with Gasteiger partial charge in [0.15, 0.2) is 0 Å². The molecule has 1 aromatic heterocycles. The molecule has 0 fully saturated rings. The summed E-state index contributed by atoms with van der Waals surface area (Å²) >= 11 is 5.49. The second kappa shape index (κ2) is 5.24. The fourth-order valence-corrected chi connectivity index (χ4v) is 1.74. The predicted octanol–water partition coefficient (Wildman–Crippen LogP) is 1.25. The van der Waals surface area contributed by atoms with E-state index in [0.29, 0.717) is 6.54 Å². The first-order valence-corrected chi connectivity index (χ1v) is 5.52. The minimum atomic E-state index is -0.0587. The molecule has 1 aromatic rings. The molecule has 1 amide bonds. The molecule has 1 rings (SSSR count). The lowest BCUT2D eigenvalue weighted by Crippen LogP contribution is -2.23. The summed E-state index contributed by atoms with van der Waals surface area (Å²) in [5.74, 6) is 0.169. The van der Waals surface area contributed by atoms with Gasteiger partial charge in [-0.25, -0.2) is 4.98 Å². The molecule has 1 N–H and O–H groups in total. The number of carbonyl (C=O) groups excluding carboxylic acids is 1. The van der Waals surface area contributed by atoms with Gasteiger partial charge in [-0.15, -0.1) is 11.3 Å². The zero-order valence-electron chi connectivity index (χ0n) is 7.41. The highest BCUT2D eigenvalue weighted by atomic mass is 32.1. The smallest absolute Gasteiger partial charge is 0.230 e. The summed E-state index contributed by atoms with van der Waals surface area (Å²) < 4.78 is 0. The molecule has 5 heteroatoms. The summed E-state index contributed by atoms with van der Waals surface area (Å²) in [6, 6.07) is 0. The SMILES string of the molecule is CCc1cnc(CNC(=O)CS)s1. The van der Waals surface area contributed by atoms with Crippen LogP contribution in [0.4, 0.5) is 0 Å². The van der Waals surface area contributed by atoms with Crippen LogP contribution in [0.1, 0.15) is 16.8 Å². The van der Waals surface area contributed by atoms with Gasteiger partial charge in [0.05, 0.1) is 12.3 Å². The van der Waals surface area contributed by atoms with Crippen LogP contribution >= 0.6 is 24.0 Å². The molecule has 3 nitrogen and oxygen atoms in total. The highest BCUT2D eigenvalue weighted by Gasteiger charge is 2.01. The van der Waals surface area contributed by atoms with Crippen LogP contribution in [0.5, 0.6) is 0 Å². The van der Waals surface area contributed by atoms with Gasteiger partial charge in [0.1, 0.15) is 5.01 Å². The van der Waals surface area contributed by atoms with E-state index in [-0.39, 0.29) is 11.7 Å². The fourth-order valence-electron chi connectivity index (χ4n) is 0.823. The number of aryl methyl sites for hydroxylation is 1. The van der Waals surface area contributed by atoms with Crippen molar-refractivity contribution in [3.05, 3.63) is 16.1 Å². The van der Waals surface area contributed by atoms with E-state index in [9.17, 15) is 4.79 Å². The van der Waals surface area contributed by atoms with E-state index in [1.165, 1.54) is 4.88 Å². The summed E-state index contributed by atoms with van der Waals surface area (Å²) in [4.78, 5) is 16.3. The molecule has 0 saturated heterocycles. The van der Waals surface area contributed by atoms with Crippen molar-refractivity contribution in [2.24, 2.45) is 0 Å². The molecule has 0 aliphatic rings. The molecule has 0 atom stereocenters. The molecule has 1 heterocycles. The molecule has 0 aromatic carbocycles. The van der Waals surface area contributed by atoms with Crippen LogP contribution in [-0.4, -0.2) is 16.6 Å². The lowest BCUT2D eigenvalue weighted by atomic mass is 10.4. The number of thiazole rings is 1. The molecule has 72 valence electrons. The first kappa shape index (κ1) is 10.5. The number of nitrogens with zero attached hydrogens (tertiary/aromatic N) is 1. The molecular formula is C8H12N2OS2. The number of thiol groups is 1. The van der Waals surface area contributed by atoms with Gasteiger partial charge >= 0.3 is 0 Å². The summed E-state index contributed by atoms with van der Waals surface area (Å²) in [5.41, 5.74) is 0. The largest absolute Gasteiger partial charge is 0.349 e. The Bertz CT molecular complexity index is 285.